The van der Waals surface area contributed by atoms with Crippen LogP contribution in [0.2, 0.25) is 0 Å². The van der Waals surface area contributed by atoms with Crippen LogP contribution in [0.1, 0.15) is 43.4 Å². The van der Waals surface area contributed by atoms with Crippen molar-refractivity contribution >= 4 is 12.0 Å². The van der Waals surface area contributed by atoms with E-state index in [4.69, 9.17) is 9.15 Å². The molecule has 0 aromatic carbocycles. The molecule has 4 heterocycles. The number of ether oxygens (including phenoxy) is 1. The maximum atomic E-state index is 12.8. The lowest BCUT2D eigenvalue weighted by molar-refractivity contribution is -0.139. The third-order valence-corrected chi connectivity index (χ3v) is 5.36. The van der Waals surface area contributed by atoms with Crippen LogP contribution in [0.3, 0.4) is 0 Å². The molecule has 2 aliphatic heterocycles. The number of imidazole rings is 1. The molecule has 1 saturated heterocycles. The van der Waals surface area contributed by atoms with Gasteiger partial charge in [0.15, 0.2) is 0 Å². The quantitative estimate of drug-likeness (QED) is 0.721. The zero-order chi connectivity index (χ0) is 20.4. The summed E-state index contributed by atoms with van der Waals surface area (Å²) in [5, 5.41) is 5.60. The summed E-state index contributed by atoms with van der Waals surface area (Å²) in [4.78, 5) is 31.9. The Hall–Kier alpha value is -3.07. The van der Waals surface area contributed by atoms with Gasteiger partial charge in [0.2, 0.25) is 0 Å². The van der Waals surface area contributed by atoms with Gasteiger partial charge in [-0.05, 0) is 38.4 Å². The summed E-state index contributed by atoms with van der Waals surface area (Å²) in [5.41, 5.74) is 0.904. The molecule has 9 heteroatoms. The van der Waals surface area contributed by atoms with E-state index in [0.717, 1.165) is 25.2 Å². The van der Waals surface area contributed by atoms with Crippen LogP contribution in [0.15, 0.2) is 46.5 Å². The number of esters is 1. The van der Waals surface area contributed by atoms with E-state index in [1.807, 2.05) is 17.8 Å². The van der Waals surface area contributed by atoms with E-state index in [9.17, 15) is 9.59 Å². The molecule has 0 bridgehead atoms. The second-order valence-corrected chi connectivity index (χ2v) is 7.18. The minimum Gasteiger partial charge on any atom is -0.467 e. The first-order valence-corrected chi connectivity index (χ1v) is 9.80. The van der Waals surface area contributed by atoms with Gasteiger partial charge in [0, 0.05) is 31.7 Å². The standard InChI is InChI=1S/C20H25N5O4/c1-3-28-19(26)16-13(22-20(27)23-17(16)15-7-5-11-29-15)12-25-9-4-6-14(25)18-21-8-10-24(18)2/h5,7-8,10-11,14,17H,3-4,6,9,12H2,1-2H3,(H2,22,23,27)/t14-,17-/m0/s1. The Balaban J connectivity index is 1.69. The number of nitrogens with zero attached hydrogens (tertiary/aromatic N) is 3. The fourth-order valence-corrected chi connectivity index (χ4v) is 4.07. The molecule has 9 nitrogen and oxygen atoms in total. The molecule has 29 heavy (non-hydrogen) atoms. The lowest BCUT2D eigenvalue weighted by atomic mass is 9.99. The van der Waals surface area contributed by atoms with Crippen LogP contribution in [-0.2, 0) is 16.6 Å². The fraction of sp³-hybridized carbons (Fsp3) is 0.450. The molecule has 2 N–H and O–H groups in total. The van der Waals surface area contributed by atoms with Crippen molar-refractivity contribution in [2.45, 2.75) is 31.8 Å². The number of aryl methyl sites for hydroxylation is 1. The predicted molar refractivity (Wildman–Crippen MR) is 104 cm³/mol. The normalized spacial score (nSPS) is 22.5. The van der Waals surface area contributed by atoms with Crippen molar-refractivity contribution in [1.29, 1.82) is 0 Å². The number of likely N-dealkylation sites (tertiary alicyclic amines) is 1. The molecule has 1 fully saturated rings. The van der Waals surface area contributed by atoms with Gasteiger partial charge in [-0.2, -0.15) is 0 Å². The fourth-order valence-electron chi connectivity index (χ4n) is 4.07. The lowest BCUT2D eigenvalue weighted by Gasteiger charge is -2.31. The van der Waals surface area contributed by atoms with E-state index in [0.29, 0.717) is 23.6 Å². The SMILES string of the molecule is CCOC(=O)C1=C(CN2CCC[C@H]2c2nccn2C)NC(=O)N[C@H]1c1ccco1. The molecule has 0 radical (unpaired) electrons. The highest BCUT2D eigenvalue weighted by Gasteiger charge is 2.37. The Kier molecular flexibility index (Phi) is 5.39. The number of carbonyl (C=O) groups excluding carboxylic acids is 2. The maximum Gasteiger partial charge on any atom is 0.338 e. The van der Waals surface area contributed by atoms with E-state index < -0.39 is 12.0 Å². The summed E-state index contributed by atoms with van der Waals surface area (Å²) in [6.07, 6.45) is 7.22. The molecule has 2 aromatic rings. The average molecular weight is 399 g/mol. The summed E-state index contributed by atoms with van der Waals surface area (Å²) in [7, 11) is 1.97. The van der Waals surface area contributed by atoms with E-state index in [1.54, 1.807) is 25.3 Å². The van der Waals surface area contributed by atoms with E-state index in [1.165, 1.54) is 6.26 Å². The monoisotopic (exact) mass is 399 g/mol. The van der Waals surface area contributed by atoms with Crippen molar-refractivity contribution in [3.8, 4) is 0 Å². The Bertz CT molecular complexity index is 917. The van der Waals surface area contributed by atoms with Crippen molar-refractivity contribution in [2.75, 3.05) is 19.7 Å². The van der Waals surface area contributed by atoms with Crippen LogP contribution in [0.25, 0.3) is 0 Å². The van der Waals surface area contributed by atoms with Gasteiger partial charge in [-0.3, -0.25) is 4.90 Å². The van der Waals surface area contributed by atoms with Crippen molar-refractivity contribution in [3.05, 3.63) is 53.6 Å². The molecular weight excluding hydrogens is 374 g/mol. The smallest absolute Gasteiger partial charge is 0.338 e. The van der Waals surface area contributed by atoms with Crippen LogP contribution in [0, 0.1) is 0 Å². The highest BCUT2D eigenvalue weighted by atomic mass is 16.5. The molecule has 0 aliphatic carbocycles. The van der Waals surface area contributed by atoms with Gasteiger partial charge < -0.3 is 24.4 Å². The van der Waals surface area contributed by atoms with Crippen molar-refractivity contribution in [2.24, 2.45) is 7.05 Å². The molecule has 0 saturated carbocycles. The molecule has 2 aliphatic rings. The summed E-state index contributed by atoms with van der Waals surface area (Å²) >= 11 is 0. The van der Waals surface area contributed by atoms with E-state index >= 15 is 0 Å². The highest BCUT2D eigenvalue weighted by molar-refractivity contribution is 5.95. The molecule has 4 rings (SSSR count). The average Bonchev–Trinajstić information content (AvgIpc) is 3.43. The van der Waals surface area contributed by atoms with Gasteiger partial charge in [0.05, 0.1) is 24.5 Å². The van der Waals surface area contributed by atoms with Crippen molar-refractivity contribution < 1.29 is 18.7 Å². The Morgan fingerprint density at radius 2 is 2.31 bits per heavy atom. The Labute approximate surface area is 168 Å². The summed E-state index contributed by atoms with van der Waals surface area (Å²) in [6.45, 7) is 3.27. The topological polar surface area (TPSA) is 102 Å². The molecule has 0 spiro atoms. The van der Waals surface area contributed by atoms with E-state index in [-0.39, 0.29) is 18.7 Å². The number of urea groups is 1. The van der Waals surface area contributed by atoms with Gasteiger partial charge in [0.1, 0.15) is 17.6 Å². The van der Waals surface area contributed by atoms with Crippen LogP contribution in [0.4, 0.5) is 4.79 Å². The summed E-state index contributed by atoms with van der Waals surface area (Å²) in [6, 6.07) is 2.52. The number of aromatic nitrogens is 2. The Morgan fingerprint density at radius 3 is 3.00 bits per heavy atom. The number of carbonyl (C=O) groups is 2. The first kappa shape index (κ1) is 19.3. The summed E-state index contributed by atoms with van der Waals surface area (Å²) < 4.78 is 12.8. The van der Waals surface area contributed by atoms with Crippen LogP contribution in [-0.4, -0.2) is 46.1 Å². The molecule has 0 unspecified atom stereocenters. The summed E-state index contributed by atoms with van der Waals surface area (Å²) in [5.74, 6) is 0.996. The zero-order valence-corrected chi connectivity index (χ0v) is 16.6. The zero-order valence-electron chi connectivity index (χ0n) is 16.6. The van der Waals surface area contributed by atoms with Crippen LogP contribution in [0.5, 0.6) is 0 Å². The van der Waals surface area contributed by atoms with E-state index in [2.05, 4.69) is 20.5 Å². The van der Waals surface area contributed by atoms with Crippen LogP contribution >= 0.6 is 0 Å². The number of furan rings is 1. The molecule has 154 valence electrons. The van der Waals surface area contributed by atoms with Crippen molar-refractivity contribution in [1.82, 2.24) is 25.1 Å². The molecule has 2 atom stereocenters. The second-order valence-electron chi connectivity index (χ2n) is 7.18. The van der Waals surface area contributed by atoms with Crippen LogP contribution < -0.4 is 10.6 Å². The minimum absolute atomic E-state index is 0.125. The number of hydrogen-bond acceptors (Lipinski definition) is 6. The first-order valence-electron chi connectivity index (χ1n) is 9.80. The third kappa shape index (κ3) is 3.77. The second kappa shape index (κ2) is 8.12. The number of rotatable bonds is 6. The van der Waals surface area contributed by atoms with Gasteiger partial charge in [-0.15, -0.1) is 0 Å². The minimum atomic E-state index is -0.693. The molecule has 2 amide bonds. The molecular formula is C20H25N5O4. The third-order valence-electron chi connectivity index (χ3n) is 5.36. The van der Waals surface area contributed by atoms with Gasteiger partial charge in [0.25, 0.3) is 0 Å². The van der Waals surface area contributed by atoms with Gasteiger partial charge >= 0.3 is 12.0 Å². The van der Waals surface area contributed by atoms with Gasteiger partial charge in [-0.25, -0.2) is 14.6 Å². The highest BCUT2D eigenvalue weighted by Crippen LogP contribution is 2.34. The first-order chi connectivity index (χ1) is 14.1. The number of nitrogens with one attached hydrogen (secondary N) is 2. The predicted octanol–water partition coefficient (Wildman–Crippen LogP) is 2.02. The largest absolute Gasteiger partial charge is 0.467 e. The number of hydrogen-bond donors (Lipinski definition) is 2. The maximum absolute atomic E-state index is 12.8. The van der Waals surface area contributed by atoms with Crippen molar-refractivity contribution in [3.63, 3.8) is 0 Å². The van der Waals surface area contributed by atoms with Gasteiger partial charge in [-0.1, -0.05) is 0 Å². The number of amides is 2. The lowest BCUT2D eigenvalue weighted by Crippen LogP contribution is -2.48. The molecule has 2 aromatic heterocycles. The Morgan fingerprint density at radius 1 is 1.45 bits per heavy atom.